The van der Waals surface area contributed by atoms with Crippen LogP contribution in [0.2, 0.25) is 0 Å². The van der Waals surface area contributed by atoms with Crippen LogP contribution in [0.15, 0.2) is 170 Å². The third-order valence-corrected chi connectivity index (χ3v) is 13.7. The largest absolute Gasteiger partial charge is 0.462 e. The summed E-state index contributed by atoms with van der Waals surface area (Å²) in [6.07, 6.45) is 102. The number of hydrogen-bond acceptors (Lipinski definition) is 6. The van der Waals surface area contributed by atoms with Crippen molar-refractivity contribution < 1.29 is 28.6 Å². The minimum atomic E-state index is -0.824. The Kier molecular flexibility index (Phi) is 64.9. The van der Waals surface area contributed by atoms with E-state index in [9.17, 15) is 14.4 Å². The molecule has 0 saturated carbocycles. The van der Waals surface area contributed by atoms with E-state index < -0.39 is 6.10 Å². The number of carbonyl (C=O) groups excluding carboxylic acids is 3. The molecule has 0 N–H and O–H groups in total. The predicted molar refractivity (Wildman–Crippen MR) is 361 cm³/mol. The Bertz CT molecular complexity index is 1890. The smallest absolute Gasteiger partial charge is 0.306 e. The second-order valence-corrected chi connectivity index (χ2v) is 21.6. The van der Waals surface area contributed by atoms with Gasteiger partial charge in [0.1, 0.15) is 13.2 Å². The number of carbonyl (C=O) groups is 3. The van der Waals surface area contributed by atoms with Crippen LogP contribution in [0.4, 0.5) is 0 Å². The summed E-state index contributed by atoms with van der Waals surface area (Å²) in [5.74, 6) is -0.991. The molecule has 0 aromatic carbocycles. The number of esters is 3. The SMILES string of the molecule is CC/C=C\C/C=C\C/C=C\C/C=C\C/C=C\C/C=C\C/C=C\C/C=C\C/C=C\CCCCCCCC(=O)OCC(COC(=O)CCCCCCCCCCCCCCCCC)OC(=O)CCC/C=C\C/C=C\C/C=C\C/C=C\C/C=C\CC. The van der Waals surface area contributed by atoms with Gasteiger partial charge < -0.3 is 14.2 Å². The van der Waals surface area contributed by atoms with Crippen molar-refractivity contribution in [2.45, 2.75) is 284 Å². The van der Waals surface area contributed by atoms with Crippen LogP contribution in [-0.4, -0.2) is 37.2 Å². The Morgan fingerprint density at radius 1 is 0.253 bits per heavy atom. The van der Waals surface area contributed by atoms with E-state index in [0.29, 0.717) is 19.3 Å². The fourth-order valence-electron chi connectivity index (χ4n) is 8.77. The van der Waals surface area contributed by atoms with E-state index >= 15 is 0 Å². The van der Waals surface area contributed by atoms with Crippen molar-refractivity contribution in [2.75, 3.05) is 13.2 Å². The topological polar surface area (TPSA) is 78.9 Å². The summed E-state index contributed by atoms with van der Waals surface area (Å²) in [7, 11) is 0. The van der Waals surface area contributed by atoms with Crippen LogP contribution in [0.25, 0.3) is 0 Å². The summed E-state index contributed by atoms with van der Waals surface area (Å²) >= 11 is 0. The number of hydrogen-bond donors (Lipinski definition) is 0. The molecule has 0 saturated heterocycles. The van der Waals surface area contributed by atoms with Crippen molar-refractivity contribution in [3.8, 4) is 0 Å². The molecule has 0 rings (SSSR count). The molecule has 0 amide bonds. The zero-order chi connectivity index (χ0) is 59.9. The number of allylic oxidation sites excluding steroid dienone is 28. The zero-order valence-corrected chi connectivity index (χ0v) is 53.4. The third-order valence-electron chi connectivity index (χ3n) is 13.7. The normalized spacial score (nSPS) is 13.2. The van der Waals surface area contributed by atoms with E-state index in [2.05, 4.69) is 191 Å². The van der Waals surface area contributed by atoms with E-state index in [1.54, 1.807) is 0 Å². The number of unbranched alkanes of at least 4 members (excludes halogenated alkanes) is 20. The molecule has 1 unspecified atom stereocenters. The third kappa shape index (κ3) is 67.4. The van der Waals surface area contributed by atoms with Crippen molar-refractivity contribution in [3.63, 3.8) is 0 Å². The van der Waals surface area contributed by atoms with E-state index in [1.807, 2.05) is 0 Å². The summed E-state index contributed by atoms with van der Waals surface area (Å²) in [6, 6.07) is 0. The Morgan fingerprint density at radius 3 is 0.771 bits per heavy atom. The molecule has 0 spiro atoms. The first kappa shape index (κ1) is 77.8. The van der Waals surface area contributed by atoms with Crippen LogP contribution >= 0.6 is 0 Å². The molecule has 6 nitrogen and oxygen atoms in total. The first-order valence-corrected chi connectivity index (χ1v) is 33.6. The lowest BCUT2D eigenvalue weighted by Crippen LogP contribution is -2.30. The lowest BCUT2D eigenvalue weighted by atomic mass is 10.0. The molecule has 1 atom stereocenters. The molecular weight excluding hydrogens is 1020 g/mol. The Hall–Kier alpha value is -5.23. The highest BCUT2D eigenvalue weighted by Gasteiger charge is 2.19. The molecule has 6 heteroatoms. The van der Waals surface area contributed by atoms with Crippen molar-refractivity contribution in [2.24, 2.45) is 0 Å². The van der Waals surface area contributed by atoms with E-state index in [4.69, 9.17) is 14.2 Å². The minimum absolute atomic E-state index is 0.111. The highest BCUT2D eigenvalue weighted by atomic mass is 16.6. The van der Waals surface area contributed by atoms with Gasteiger partial charge in [0, 0.05) is 19.3 Å². The molecule has 0 heterocycles. The van der Waals surface area contributed by atoms with Crippen LogP contribution in [0.3, 0.4) is 0 Å². The zero-order valence-electron chi connectivity index (χ0n) is 53.4. The van der Waals surface area contributed by atoms with Gasteiger partial charge in [-0.15, -0.1) is 0 Å². The Morgan fingerprint density at radius 2 is 0.482 bits per heavy atom. The molecule has 0 aromatic heterocycles. The predicted octanol–water partition coefficient (Wildman–Crippen LogP) is 23.4. The monoisotopic (exact) mass is 1140 g/mol. The summed E-state index contributed by atoms with van der Waals surface area (Å²) in [5, 5.41) is 0. The van der Waals surface area contributed by atoms with Gasteiger partial charge in [0.15, 0.2) is 6.10 Å². The summed E-state index contributed by atoms with van der Waals surface area (Å²) in [5.41, 5.74) is 0. The lowest BCUT2D eigenvalue weighted by molar-refractivity contribution is -0.167. The average Bonchev–Trinajstić information content (AvgIpc) is 3.49. The van der Waals surface area contributed by atoms with Crippen molar-refractivity contribution in [1.29, 1.82) is 0 Å². The summed E-state index contributed by atoms with van der Waals surface area (Å²) in [6.45, 7) is 6.35. The second kappa shape index (κ2) is 69.3. The van der Waals surface area contributed by atoms with Crippen molar-refractivity contribution >= 4 is 17.9 Å². The van der Waals surface area contributed by atoms with Gasteiger partial charge in [-0.1, -0.05) is 300 Å². The van der Waals surface area contributed by atoms with Gasteiger partial charge in [-0.05, 0) is 128 Å². The minimum Gasteiger partial charge on any atom is -0.462 e. The fraction of sp³-hybridized carbons (Fsp3) is 0.597. The molecule has 0 radical (unpaired) electrons. The van der Waals surface area contributed by atoms with Gasteiger partial charge in [-0.3, -0.25) is 14.4 Å². The Labute approximate surface area is 511 Å². The molecular formula is C77H122O6. The van der Waals surface area contributed by atoms with Gasteiger partial charge in [-0.25, -0.2) is 0 Å². The standard InChI is InChI=1S/C77H122O6/c1-4-7-10-13-16-19-22-25-28-30-31-32-33-34-35-36-37-38-39-40-41-42-43-44-45-47-49-52-55-58-61-64-67-70-76(79)82-73-74(72-81-75(78)69-66-63-60-57-54-51-48-27-24-21-18-15-12-9-6-3)83-77(80)71-68-65-62-59-56-53-50-46-29-26-23-20-17-14-11-8-5-2/h7-8,10-11,16-17,19-20,25-26,28-29,31-32,34-35,37-38,40-41,43-44,47,49-50,53,59,62,74H,4-6,9,12-15,18,21-24,27,30,33,36,39,42,45-46,48,51-52,54-58,60-61,63-73H2,1-3H3/b10-7-,11-8-,19-16-,20-17-,28-25-,29-26-,32-31-,35-34-,38-37-,41-40-,44-43-,49-47-,53-50-,62-59-. The highest BCUT2D eigenvalue weighted by Crippen LogP contribution is 2.15. The quantitative estimate of drug-likeness (QED) is 0.0261. The maximum atomic E-state index is 12.9. The molecule has 0 aliphatic carbocycles. The van der Waals surface area contributed by atoms with Crippen LogP contribution in [0.1, 0.15) is 278 Å². The molecule has 0 fully saturated rings. The molecule has 0 aliphatic rings. The maximum absolute atomic E-state index is 12.9. The van der Waals surface area contributed by atoms with Gasteiger partial charge in [0.05, 0.1) is 0 Å². The Balaban J connectivity index is 4.42. The highest BCUT2D eigenvalue weighted by molar-refractivity contribution is 5.71. The van der Waals surface area contributed by atoms with E-state index in [1.165, 1.54) is 77.0 Å². The first-order chi connectivity index (χ1) is 41.0. The second-order valence-electron chi connectivity index (χ2n) is 21.6. The summed E-state index contributed by atoms with van der Waals surface area (Å²) < 4.78 is 16.9. The van der Waals surface area contributed by atoms with E-state index in [-0.39, 0.29) is 37.5 Å². The molecule has 0 bridgehead atoms. The summed E-state index contributed by atoms with van der Waals surface area (Å²) in [4.78, 5) is 38.3. The molecule has 466 valence electrons. The van der Waals surface area contributed by atoms with Crippen molar-refractivity contribution in [1.82, 2.24) is 0 Å². The van der Waals surface area contributed by atoms with E-state index in [0.717, 1.165) is 154 Å². The lowest BCUT2D eigenvalue weighted by Gasteiger charge is -2.18. The first-order valence-electron chi connectivity index (χ1n) is 33.6. The van der Waals surface area contributed by atoms with Gasteiger partial charge in [0.25, 0.3) is 0 Å². The van der Waals surface area contributed by atoms with Crippen LogP contribution in [0, 0.1) is 0 Å². The number of ether oxygens (including phenoxy) is 3. The molecule has 0 aromatic rings. The van der Waals surface area contributed by atoms with Crippen LogP contribution < -0.4 is 0 Å². The van der Waals surface area contributed by atoms with Crippen molar-refractivity contribution in [3.05, 3.63) is 170 Å². The average molecular weight is 1140 g/mol. The van der Waals surface area contributed by atoms with Crippen LogP contribution in [0.5, 0.6) is 0 Å². The van der Waals surface area contributed by atoms with Crippen LogP contribution in [-0.2, 0) is 28.6 Å². The fourth-order valence-corrected chi connectivity index (χ4v) is 8.77. The maximum Gasteiger partial charge on any atom is 0.306 e. The van der Waals surface area contributed by atoms with Gasteiger partial charge >= 0.3 is 17.9 Å². The van der Waals surface area contributed by atoms with Gasteiger partial charge in [-0.2, -0.15) is 0 Å². The molecule has 83 heavy (non-hydrogen) atoms. The molecule has 0 aliphatic heterocycles. The number of rotatable bonds is 59. The van der Waals surface area contributed by atoms with Gasteiger partial charge in [0.2, 0.25) is 0 Å².